The monoisotopic (exact) mass is 289 g/mol. The molecule has 0 amide bonds. The molecule has 106 valence electrons. The highest BCUT2D eigenvalue weighted by atomic mass is 35.5. The summed E-state index contributed by atoms with van der Waals surface area (Å²) in [4.78, 5) is 4.15. The topological polar surface area (TPSA) is 50.9 Å². The number of nitrogens with two attached hydrogens (primary N) is 1. The lowest BCUT2D eigenvalue weighted by molar-refractivity contribution is 0.549. The summed E-state index contributed by atoms with van der Waals surface area (Å²) in [7, 11) is 0. The number of nitrogens with zero attached hydrogens (tertiary/aromatic N) is 1. The molecule has 0 saturated heterocycles. The normalized spacial score (nSPS) is 12.3. The zero-order valence-electron chi connectivity index (χ0n) is 11.9. The lowest BCUT2D eigenvalue weighted by atomic mass is 9.96. The number of benzene rings is 1. The van der Waals surface area contributed by atoms with Crippen LogP contribution in [0.3, 0.4) is 0 Å². The Morgan fingerprint density at radius 3 is 2.80 bits per heavy atom. The molecule has 1 aromatic carbocycles. The molecule has 0 radical (unpaired) electrons. The molecule has 20 heavy (non-hydrogen) atoms. The van der Waals surface area contributed by atoms with Gasteiger partial charge >= 0.3 is 0 Å². The first-order valence-electron chi connectivity index (χ1n) is 6.80. The molecule has 0 aliphatic carbocycles. The smallest absolute Gasteiger partial charge is 0.128 e. The van der Waals surface area contributed by atoms with Gasteiger partial charge in [-0.25, -0.2) is 4.98 Å². The Labute approximate surface area is 125 Å². The Bertz CT molecular complexity index is 584. The summed E-state index contributed by atoms with van der Waals surface area (Å²) in [6.45, 7) is 5.07. The molecule has 0 spiro atoms. The summed E-state index contributed by atoms with van der Waals surface area (Å²) in [6.07, 6.45) is 2.45. The van der Waals surface area contributed by atoms with Crippen molar-refractivity contribution < 1.29 is 0 Å². The van der Waals surface area contributed by atoms with Crippen LogP contribution in [0.4, 0.5) is 5.82 Å². The van der Waals surface area contributed by atoms with Gasteiger partial charge in [0.05, 0.1) is 5.02 Å². The SMILES string of the molecule is CCNC(Cc1ccccc1C)c1cc(Cl)cnc1N. The molecule has 0 fully saturated rings. The van der Waals surface area contributed by atoms with E-state index in [2.05, 4.69) is 48.4 Å². The van der Waals surface area contributed by atoms with Crippen LogP contribution < -0.4 is 11.1 Å². The molecular weight excluding hydrogens is 270 g/mol. The first-order chi connectivity index (χ1) is 9.61. The quantitative estimate of drug-likeness (QED) is 0.885. The number of pyridine rings is 1. The largest absolute Gasteiger partial charge is 0.383 e. The van der Waals surface area contributed by atoms with Gasteiger partial charge in [-0.05, 0) is 37.1 Å². The molecule has 0 aliphatic heterocycles. The minimum Gasteiger partial charge on any atom is -0.383 e. The van der Waals surface area contributed by atoms with E-state index in [0.717, 1.165) is 18.5 Å². The van der Waals surface area contributed by atoms with Gasteiger partial charge in [0.2, 0.25) is 0 Å². The van der Waals surface area contributed by atoms with Crippen molar-refractivity contribution in [3.05, 3.63) is 58.2 Å². The van der Waals surface area contributed by atoms with Gasteiger partial charge < -0.3 is 11.1 Å². The molecule has 2 rings (SSSR count). The summed E-state index contributed by atoms with van der Waals surface area (Å²) in [5.74, 6) is 0.536. The van der Waals surface area contributed by atoms with Crippen molar-refractivity contribution in [1.29, 1.82) is 0 Å². The zero-order chi connectivity index (χ0) is 14.5. The van der Waals surface area contributed by atoms with Gasteiger partial charge in [0.15, 0.2) is 0 Å². The third-order valence-electron chi connectivity index (χ3n) is 3.43. The molecule has 4 heteroatoms. The lowest BCUT2D eigenvalue weighted by Crippen LogP contribution is -2.24. The number of nitrogen functional groups attached to an aromatic ring is 1. The van der Waals surface area contributed by atoms with E-state index in [9.17, 15) is 0 Å². The summed E-state index contributed by atoms with van der Waals surface area (Å²) < 4.78 is 0. The molecule has 0 aliphatic rings. The van der Waals surface area contributed by atoms with Gasteiger partial charge in [-0.3, -0.25) is 0 Å². The second kappa shape index (κ2) is 6.73. The average Bonchev–Trinajstić information content (AvgIpc) is 2.43. The molecule has 1 aromatic heterocycles. The highest BCUT2D eigenvalue weighted by Gasteiger charge is 2.16. The molecule has 1 heterocycles. The van der Waals surface area contributed by atoms with Crippen molar-refractivity contribution in [3.63, 3.8) is 0 Å². The number of hydrogen-bond donors (Lipinski definition) is 2. The second-order valence-corrected chi connectivity index (χ2v) is 5.31. The van der Waals surface area contributed by atoms with Gasteiger partial charge in [0.25, 0.3) is 0 Å². The average molecular weight is 290 g/mol. The fourth-order valence-electron chi connectivity index (χ4n) is 2.34. The third kappa shape index (κ3) is 3.50. The number of likely N-dealkylation sites (N-methyl/N-ethyl adjacent to an activating group) is 1. The fraction of sp³-hybridized carbons (Fsp3) is 0.312. The number of anilines is 1. The van der Waals surface area contributed by atoms with Gasteiger partial charge in [-0.1, -0.05) is 42.8 Å². The van der Waals surface area contributed by atoms with Crippen molar-refractivity contribution in [2.24, 2.45) is 0 Å². The maximum absolute atomic E-state index is 6.05. The van der Waals surface area contributed by atoms with Crippen LogP contribution in [-0.2, 0) is 6.42 Å². The number of hydrogen-bond acceptors (Lipinski definition) is 3. The van der Waals surface area contributed by atoms with E-state index in [4.69, 9.17) is 17.3 Å². The Morgan fingerprint density at radius 1 is 1.35 bits per heavy atom. The maximum atomic E-state index is 6.05. The number of aromatic nitrogens is 1. The van der Waals surface area contributed by atoms with Crippen molar-refractivity contribution in [2.45, 2.75) is 26.3 Å². The second-order valence-electron chi connectivity index (χ2n) is 4.87. The zero-order valence-corrected chi connectivity index (χ0v) is 12.6. The number of halogens is 1. The molecule has 3 N–H and O–H groups in total. The molecule has 2 aromatic rings. The Morgan fingerprint density at radius 2 is 2.10 bits per heavy atom. The molecular formula is C16H20ClN3. The van der Waals surface area contributed by atoms with Gasteiger partial charge in [0, 0.05) is 17.8 Å². The Balaban J connectivity index is 2.32. The molecule has 0 saturated carbocycles. The van der Waals surface area contributed by atoms with Crippen LogP contribution in [0.25, 0.3) is 0 Å². The first kappa shape index (κ1) is 14.8. The van der Waals surface area contributed by atoms with E-state index in [-0.39, 0.29) is 6.04 Å². The van der Waals surface area contributed by atoms with E-state index in [1.807, 2.05) is 6.07 Å². The predicted octanol–water partition coefficient (Wildman–Crippen LogP) is 3.52. The van der Waals surface area contributed by atoms with Crippen LogP contribution in [0.5, 0.6) is 0 Å². The van der Waals surface area contributed by atoms with Crippen LogP contribution in [0, 0.1) is 6.92 Å². The summed E-state index contributed by atoms with van der Waals surface area (Å²) in [5.41, 5.74) is 9.55. The Hall–Kier alpha value is -1.58. The van der Waals surface area contributed by atoms with Crippen LogP contribution in [0.15, 0.2) is 36.5 Å². The standard InChI is InChI=1S/C16H20ClN3/c1-3-19-15(8-12-7-5-4-6-11(12)2)14-9-13(17)10-20-16(14)18/h4-7,9-10,15,19H,3,8H2,1-2H3,(H2,18,20). The van der Waals surface area contributed by atoms with Crippen LogP contribution >= 0.6 is 11.6 Å². The molecule has 1 atom stereocenters. The highest BCUT2D eigenvalue weighted by molar-refractivity contribution is 6.30. The van der Waals surface area contributed by atoms with Gasteiger partial charge in [0.1, 0.15) is 5.82 Å². The van der Waals surface area contributed by atoms with Crippen LogP contribution in [-0.4, -0.2) is 11.5 Å². The summed E-state index contributed by atoms with van der Waals surface area (Å²) in [5, 5.41) is 4.08. The molecule has 0 bridgehead atoms. The predicted molar refractivity (Wildman–Crippen MR) is 85.0 cm³/mol. The minimum absolute atomic E-state index is 0.118. The fourth-order valence-corrected chi connectivity index (χ4v) is 2.51. The number of rotatable bonds is 5. The van der Waals surface area contributed by atoms with Crippen LogP contribution in [0.2, 0.25) is 5.02 Å². The van der Waals surface area contributed by atoms with Gasteiger partial charge in [-0.2, -0.15) is 0 Å². The Kier molecular flexibility index (Phi) is 4.99. The van der Waals surface area contributed by atoms with Crippen molar-refractivity contribution in [3.8, 4) is 0 Å². The van der Waals surface area contributed by atoms with Crippen LogP contribution in [0.1, 0.15) is 29.7 Å². The van der Waals surface area contributed by atoms with E-state index < -0.39 is 0 Å². The van der Waals surface area contributed by atoms with E-state index in [1.165, 1.54) is 11.1 Å². The minimum atomic E-state index is 0.118. The van der Waals surface area contributed by atoms with E-state index in [1.54, 1.807) is 6.20 Å². The lowest BCUT2D eigenvalue weighted by Gasteiger charge is -2.20. The highest BCUT2D eigenvalue weighted by Crippen LogP contribution is 2.26. The summed E-state index contributed by atoms with van der Waals surface area (Å²) in [6, 6.07) is 10.4. The number of aryl methyl sites for hydroxylation is 1. The maximum Gasteiger partial charge on any atom is 0.128 e. The third-order valence-corrected chi connectivity index (χ3v) is 3.63. The molecule has 3 nitrogen and oxygen atoms in total. The number of nitrogens with one attached hydrogen (secondary N) is 1. The van der Waals surface area contributed by atoms with Crippen molar-refractivity contribution in [2.75, 3.05) is 12.3 Å². The van der Waals surface area contributed by atoms with Gasteiger partial charge in [-0.15, -0.1) is 0 Å². The molecule has 1 unspecified atom stereocenters. The summed E-state index contributed by atoms with van der Waals surface area (Å²) >= 11 is 6.05. The first-order valence-corrected chi connectivity index (χ1v) is 7.18. The van der Waals surface area contributed by atoms with E-state index >= 15 is 0 Å². The van der Waals surface area contributed by atoms with E-state index in [0.29, 0.717) is 10.8 Å². The van der Waals surface area contributed by atoms with Crippen molar-refractivity contribution in [1.82, 2.24) is 10.3 Å². The van der Waals surface area contributed by atoms with Crippen molar-refractivity contribution >= 4 is 17.4 Å².